The number of carbonyl (C=O) groups excluding carboxylic acids is 2. The molecule has 5 heteroatoms. The van der Waals surface area contributed by atoms with Gasteiger partial charge in [-0.05, 0) is 12.2 Å². The fraction of sp³-hybridized carbons (Fsp3) is 0.286. The van der Waals surface area contributed by atoms with Crippen LogP contribution in [0, 0.1) is 0 Å². The van der Waals surface area contributed by atoms with Crippen LogP contribution < -0.4 is 0 Å². The summed E-state index contributed by atoms with van der Waals surface area (Å²) < 4.78 is 0. The SMILES string of the molecule is C=C1C(=O)N(C)C(=S)N(C)C1=O. The molecule has 1 saturated heterocycles. The Hall–Kier alpha value is -1.23. The van der Waals surface area contributed by atoms with E-state index in [4.69, 9.17) is 12.2 Å². The molecule has 0 saturated carbocycles. The molecule has 0 N–H and O–H groups in total. The predicted molar refractivity (Wildman–Crippen MR) is 47.3 cm³/mol. The Bertz CT molecular complexity index is 272. The van der Waals surface area contributed by atoms with Crippen molar-refractivity contribution in [2.24, 2.45) is 0 Å². The van der Waals surface area contributed by atoms with Gasteiger partial charge in [0.15, 0.2) is 5.11 Å². The summed E-state index contributed by atoms with van der Waals surface area (Å²) in [6.07, 6.45) is 0. The third-order valence-electron chi connectivity index (χ3n) is 1.70. The van der Waals surface area contributed by atoms with Gasteiger partial charge in [0.05, 0.1) is 5.57 Å². The highest BCUT2D eigenvalue weighted by molar-refractivity contribution is 7.80. The molecule has 0 atom stereocenters. The number of thiocarbonyl (C=S) groups is 1. The largest absolute Gasteiger partial charge is 0.288 e. The van der Waals surface area contributed by atoms with Crippen molar-refractivity contribution < 1.29 is 9.59 Å². The topological polar surface area (TPSA) is 40.6 Å². The van der Waals surface area contributed by atoms with Crippen LogP contribution >= 0.6 is 12.2 Å². The van der Waals surface area contributed by atoms with E-state index in [0.29, 0.717) is 0 Å². The summed E-state index contributed by atoms with van der Waals surface area (Å²) >= 11 is 4.83. The molecule has 1 aliphatic heterocycles. The van der Waals surface area contributed by atoms with E-state index in [0.717, 1.165) is 0 Å². The first kappa shape index (κ1) is 8.86. The molecule has 0 aromatic heterocycles. The van der Waals surface area contributed by atoms with Crippen LogP contribution in [0.2, 0.25) is 0 Å². The predicted octanol–water partition coefficient (Wildman–Crippen LogP) is -0.242. The van der Waals surface area contributed by atoms with Gasteiger partial charge in [0.25, 0.3) is 11.8 Å². The lowest BCUT2D eigenvalue weighted by atomic mass is 10.2. The maximum atomic E-state index is 11.2. The van der Waals surface area contributed by atoms with Gasteiger partial charge in [-0.2, -0.15) is 0 Å². The molecule has 64 valence electrons. The van der Waals surface area contributed by atoms with E-state index in [9.17, 15) is 9.59 Å². The molecule has 1 rings (SSSR count). The fourth-order valence-electron chi connectivity index (χ4n) is 0.895. The second kappa shape index (κ2) is 2.67. The number of nitrogens with zero attached hydrogens (tertiary/aromatic N) is 2. The molecular formula is C7H8N2O2S. The van der Waals surface area contributed by atoms with Gasteiger partial charge in [-0.15, -0.1) is 0 Å². The first-order chi connectivity index (χ1) is 5.46. The smallest absolute Gasteiger partial charge is 0.264 e. The molecule has 0 aromatic carbocycles. The lowest BCUT2D eigenvalue weighted by Gasteiger charge is -2.31. The van der Waals surface area contributed by atoms with Gasteiger partial charge >= 0.3 is 0 Å². The molecule has 1 heterocycles. The molecule has 0 spiro atoms. The van der Waals surface area contributed by atoms with E-state index >= 15 is 0 Å². The minimum atomic E-state index is -0.428. The van der Waals surface area contributed by atoms with Gasteiger partial charge < -0.3 is 0 Å². The van der Waals surface area contributed by atoms with E-state index in [2.05, 4.69) is 6.58 Å². The fourth-order valence-corrected chi connectivity index (χ4v) is 1.06. The first-order valence-electron chi connectivity index (χ1n) is 3.25. The van der Waals surface area contributed by atoms with Crippen molar-refractivity contribution >= 4 is 29.1 Å². The number of hydrogen-bond donors (Lipinski definition) is 0. The minimum Gasteiger partial charge on any atom is -0.288 e. The number of carbonyl (C=O) groups is 2. The van der Waals surface area contributed by atoms with Crippen molar-refractivity contribution in [1.82, 2.24) is 9.80 Å². The van der Waals surface area contributed by atoms with Crippen molar-refractivity contribution in [1.29, 1.82) is 0 Å². The number of hydrogen-bond acceptors (Lipinski definition) is 3. The Morgan fingerprint density at radius 3 is 1.83 bits per heavy atom. The van der Waals surface area contributed by atoms with Crippen molar-refractivity contribution in [2.45, 2.75) is 0 Å². The number of amides is 2. The zero-order valence-corrected chi connectivity index (χ0v) is 7.64. The third-order valence-corrected chi connectivity index (χ3v) is 2.25. The molecule has 1 aliphatic rings. The van der Waals surface area contributed by atoms with Crippen LogP contribution in [-0.4, -0.2) is 40.8 Å². The summed E-state index contributed by atoms with van der Waals surface area (Å²) in [6.45, 7) is 3.37. The van der Waals surface area contributed by atoms with Crippen LogP contribution in [0.3, 0.4) is 0 Å². The summed E-state index contributed by atoms with van der Waals surface area (Å²) in [4.78, 5) is 24.8. The zero-order valence-electron chi connectivity index (χ0n) is 6.83. The monoisotopic (exact) mass is 184 g/mol. The first-order valence-corrected chi connectivity index (χ1v) is 3.66. The highest BCUT2D eigenvalue weighted by Crippen LogP contribution is 2.11. The normalized spacial score (nSPS) is 19.2. The zero-order chi connectivity index (χ0) is 9.46. The number of likely N-dealkylation sites (N-methyl/N-ethyl adjacent to an activating group) is 2. The van der Waals surface area contributed by atoms with Crippen LogP contribution in [0.25, 0.3) is 0 Å². The molecule has 0 aromatic rings. The van der Waals surface area contributed by atoms with Crippen molar-refractivity contribution in [3.8, 4) is 0 Å². The summed E-state index contributed by atoms with van der Waals surface area (Å²) in [5.41, 5.74) is -0.0476. The van der Waals surface area contributed by atoms with Gasteiger partial charge in [-0.3, -0.25) is 19.4 Å². The van der Waals surface area contributed by atoms with Crippen LogP contribution in [0.1, 0.15) is 0 Å². The van der Waals surface area contributed by atoms with E-state index in [1.54, 1.807) is 0 Å². The molecule has 1 fully saturated rings. The molecule has 0 radical (unpaired) electrons. The maximum absolute atomic E-state index is 11.2. The lowest BCUT2D eigenvalue weighted by molar-refractivity contribution is -0.132. The lowest BCUT2D eigenvalue weighted by Crippen LogP contribution is -2.52. The van der Waals surface area contributed by atoms with Crippen LogP contribution in [0.4, 0.5) is 0 Å². The third kappa shape index (κ3) is 1.02. The van der Waals surface area contributed by atoms with Gasteiger partial charge in [-0.1, -0.05) is 6.58 Å². The highest BCUT2D eigenvalue weighted by atomic mass is 32.1. The Morgan fingerprint density at radius 2 is 1.50 bits per heavy atom. The Morgan fingerprint density at radius 1 is 1.17 bits per heavy atom. The summed E-state index contributed by atoms with van der Waals surface area (Å²) in [7, 11) is 3.03. The Kier molecular flexibility index (Phi) is 1.97. The van der Waals surface area contributed by atoms with Gasteiger partial charge in [0, 0.05) is 14.1 Å². The second-order valence-electron chi connectivity index (χ2n) is 2.49. The summed E-state index contributed by atoms with van der Waals surface area (Å²) in [6, 6.07) is 0. The van der Waals surface area contributed by atoms with Gasteiger partial charge in [0.1, 0.15) is 0 Å². The molecular weight excluding hydrogens is 176 g/mol. The minimum absolute atomic E-state index is 0.0476. The van der Waals surface area contributed by atoms with Crippen LogP contribution in [0.5, 0.6) is 0 Å². The molecule has 0 aliphatic carbocycles. The van der Waals surface area contributed by atoms with E-state index in [-0.39, 0.29) is 10.7 Å². The maximum Gasteiger partial charge on any atom is 0.264 e. The van der Waals surface area contributed by atoms with Crippen molar-refractivity contribution in [2.75, 3.05) is 14.1 Å². The van der Waals surface area contributed by atoms with Gasteiger partial charge in [-0.25, -0.2) is 0 Å². The highest BCUT2D eigenvalue weighted by Gasteiger charge is 2.33. The average molecular weight is 184 g/mol. The molecule has 0 bridgehead atoms. The Balaban J connectivity index is 3.07. The molecule has 0 unspecified atom stereocenters. The quantitative estimate of drug-likeness (QED) is 0.296. The van der Waals surface area contributed by atoms with Crippen LogP contribution in [0.15, 0.2) is 12.2 Å². The van der Waals surface area contributed by atoms with Crippen molar-refractivity contribution in [3.63, 3.8) is 0 Å². The van der Waals surface area contributed by atoms with E-state index in [1.165, 1.54) is 23.9 Å². The van der Waals surface area contributed by atoms with Crippen molar-refractivity contribution in [3.05, 3.63) is 12.2 Å². The van der Waals surface area contributed by atoms with E-state index < -0.39 is 11.8 Å². The number of rotatable bonds is 0. The summed E-state index contributed by atoms with van der Waals surface area (Å²) in [5, 5.41) is 0.206. The molecule has 2 amide bonds. The average Bonchev–Trinajstić information content (AvgIpc) is 2.08. The molecule has 12 heavy (non-hydrogen) atoms. The second-order valence-corrected chi connectivity index (χ2v) is 2.85. The van der Waals surface area contributed by atoms with Gasteiger partial charge in [0.2, 0.25) is 0 Å². The molecule has 4 nitrogen and oxygen atoms in total. The summed E-state index contributed by atoms with van der Waals surface area (Å²) in [5.74, 6) is -0.855. The standard InChI is InChI=1S/C7H8N2O2S/c1-4-5(10)8(2)7(12)9(3)6(4)11/h1H2,2-3H3. The Labute approximate surface area is 75.4 Å². The van der Waals surface area contributed by atoms with E-state index in [1.807, 2.05) is 0 Å². The van der Waals surface area contributed by atoms with Crippen LogP contribution in [-0.2, 0) is 9.59 Å².